The van der Waals surface area contributed by atoms with Crippen molar-refractivity contribution in [1.29, 1.82) is 0 Å². The van der Waals surface area contributed by atoms with Gasteiger partial charge in [0, 0.05) is 18.2 Å². The molecule has 1 aromatic carbocycles. The van der Waals surface area contributed by atoms with Crippen LogP contribution in [0.1, 0.15) is 30.2 Å². The molecule has 1 fully saturated rings. The van der Waals surface area contributed by atoms with Gasteiger partial charge in [-0.05, 0) is 31.0 Å². The van der Waals surface area contributed by atoms with Crippen molar-refractivity contribution in [2.24, 2.45) is 0 Å². The summed E-state index contributed by atoms with van der Waals surface area (Å²) in [7, 11) is 0. The standard InChI is InChI=1S/C16H15F2NO3/c17-10-5-6-11(12(18)9-10)15(14-4-2-8-22-14)19-7-1-3-13(19)16(20)21/h2,4-6,8-9,13,15H,1,3,7H2,(H,20,21). The Morgan fingerprint density at radius 1 is 1.36 bits per heavy atom. The largest absolute Gasteiger partial charge is 0.480 e. The van der Waals surface area contributed by atoms with Gasteiger partial charge in [-0.2, -0.15) is 0 Å². The number of carboxylic acid groups (broad SMARTS) is 1. The first kappa shape index (κ1) is 14.7. The predicted octanol–water partition coefficient (Wildman–Crippen LogP) is 3.20. The molecule has 0 amide bonds. The van der Waals surface area contributed by atoms with Crippen molar-refractivity contribution >= 4 is 5.97 Å². The van der Waals surface area contributed by atoms with E-state index < -0.39 is 29.7 Å². The molecule has 0 bridgehead atoms. The lowest BCUT2D eigenvalue weighted by atomic mass is 10.0. The van der Waals surface area contributed by atoms with E-state index in [9.17, 15) is 18.7 Å². The van der Waals surface area contributed by atoms with E-state index in [0.29, 0.717) is 25.1 Å². The lowest BCUT2D eigenvalue weighted by Crippen LogP contribution is -2.39. The quantitative estimate of drug-likeness (QED) is 0.942. The third-order valence-corrected chi connectivity index (χ3v) is 3.98. The lowest BCUT2D eigenvalue weighted by Gasteiger charge is -2.30. The van der Waals surface area contributed by atoms with E-state index >= 15 is 0 Å². The van der Waals surface area contributed by atoms with Crippen LogP contribution in [-0.4, -0.2) is 28.6 Å². The number of hydrogen-bond acceptors (Lipinski definition) is 3. The van der Waals surface area contributed by atoms with Gasteiger partial charge in [0.2, 0.25) is 0 Å². The highest BCUT2D eigenvalue weighted by molar-refractivity contribution is 5.74. The SMILES string of the molecule is O=C(O)C1CCCN1C(c1ccco1)c1ccc(F)cc1F. The van der Waals surface area contributed by atoms with Crippen LogP contribution in [-0.2, 0) is 4.79 Å². The number of rotatable bonds is 4. The number of furan rings is 1. The smallest absolute Gasteiger partial charge is 0.320 e. The summed E-state index contributed by atoms with van der Waals surface area (Å²) in [5.41, 5.74) is 0.213. The van der Waals surface area contributed by atoms with E-state index in [1.807, 2.05) is 0 Å². The minimum Gasteiger partial charge on any atom is -0.480 e. The minimum absolute atomic E-state index is 0.213. The Kier molecular flexibility index (Phi) is 3.94. The highest BCUT2D eigenvalue weighted by atomic mass is 19.1. The van der Waals surface area contributed by atoms with E-state index in [1.165, 1.54) is 18.4 Å². The number of carboxylic acids is 1. The van der Waals surface area contributed by atoms with Gasteiger partial charge in [0.25, 0.3) is 0 Å². The van der Waals surface area contributed by atoms with Gasteiger partial charge in [-0.1, -0.05) is 6.07 Å². The second-order valence-corrected chi connectivity index (χ2v) is 5.32. The zero-order valence-electron chi connectivity index (χ0n) is 11.7. The Labute approximate surface area is 126 Å². The first-order chi connectivity index (χ1) is 10.6. The van der Waals surface area contributed by atoms with E-state index in [2.05, 4.69) is 0 Å². The number of likely N-dealkylation sites (tertiary alicyclic amines) is 1. The molecule has 116 valence electrons. The van der Waals surface area contributed by atoms with Crippen LogP contribution in [0.25, 0.3) is 0 Å². The molecule has 2 heterocycles. The van der Waals surface area contributed by atoms with Crippen molar-refractivity contribution in [3.05, 3.63) is 59.6 Å². The monoisotopic (exact) mass is 307 g/mol. The van der Waals surface area contributed by atoms with E-state index in [-0.39, 0.29) is 5.56 Å². The minimum atomic E-state index is -0.948. The van der Waals surface area contributed by atoms with Crippen LogP contribution in [0.3, 0.4) is 0 Å². The van der Waals surface area contributed by atoms with Gasteiger partial charge in [0.05, 0.1) is 12.3 Å². The molecule has 1 saturated heterocycles. The second kappa shape index (κ2) is 5.88. The number of halogens is 2. The average Bonchev–Trinajstić information content (AvgIpc) is 3.13. The topological polar surface area (TPSA) is 53.7 Å². The summed E-state index contributed by atoms with van der Waals surface area (Å²) in [5, 5.41) is 9.36. The van der Waals surface area contributed by atoms with Gasteiger partial charge in [-0.3, -0.25) is 9.69 Å². The molecular formula is C16H15F2NO3. The van der Waals surface area contributed by atoms with Crippen LogP contribution in [0.2, 0.25) is 0 Å². The van der Waals surface area contributed by atoms with Gasteiger partial charge in [-0.15, -0.1) is 0 Å². The van der Waals surface area contributed by atoms with Gasteiger partial charge in [0.1, 0.15) is 23.4 Å². The molecule has 0 spiro atoms. The van der Waals surface area contributed by atoms with Crippen LogP contribution in [0.5, 0.6) is 0 Å². The van der Waals surface area contributed by atoms with Crippen molar-refractivity contribution < 1.29 is 23.1 Å². The summed E-state index contributed by atoms with van der Waals surface area (Å²) < 4.78 is 32.8. The van der Waals surface area contributed by atoms with Crippen molar-refractivity contribution in [3.63, 3.8) is 0 Å². The molecule has 4 nitrogen and oxygen atoms in total. The maximum atomic E-state index is 14.2. The molecule has 2 aromatic rings. The van der Waals surface area contributed by atoms with Crippen LogP contribution >= 0.6 is 0 Å². The first-order valence-corrected chi connectivity index (χ1v) is 7.05. The number of nitrogens with zero attached hydrogens (tertiary/aromatic N) is 1. The second-order valence-electron chi connectivity index (χ2n) is 5.32. The molecule has 1 aliphatic heterocycles. The van der Waals surface area contributed by atoms with Crippen molar-refractivity contribution in [3.8, 4) is 0 Å². The molecule has 6 heteroatoms. The molecule has 2 unspecified atom stereocenters. The summed E-state index contributed by atoms with van der Waals surface area (Å²) in [6.45, 7) is 0.513. The molecule has 0 saturated carbocycles. The summed E-state index contributed by atoms with van der Waals surface area (Å²) in [5.74, 6) is -1.89. The Morgan fingerprint density at radius 3 is 2.82 bits per heavy atom. The number of hydrogen-bond donors (Lipinski definition) is 1. The zero-order valence-corrected chi connectivity index (χ0v) is 11.7. The highest BCUT2D eigenvalue weighted by Crippen LogP contribution is 2.36. The average molecular weight is 307 g/mol. The molecule has 22 heavy (non-hydrogen) atoms. The Morgan fingerprint density at radius 2 is 2.18 bits per heavy atom. The van der Waals surface area contributed by atoms with Crippen molar-refractivity contribution in [1.82, 2.24) is 4.90 Å². The van der Waals surface area contributed by atoms with E-state index in [4.69, 9.17) is 4.42 Å². The van der Waals surface area contributed by atoms with Gasteiger partial charge in [0.15, 0.2) is 0 Å². The molecule has 1 N–H and O–H groups in total. The van der Waals surface area contributed by atoms with Crippen LogP contribution in [0.15, 0.2) is 41.0 Å². The van der Waals surface area contributed by atoms with Crippen molar-refractivity contribution in [2.75, 3.05) is 6.54 Å². The van der Waals surface area contributed by atoms with Crippen molar-refractivity contribution in [2.45, 2.75) is 24.9 Å². The molecule has 0 aliphatic carbocycles. The number of carbonyl (C=O) groups is 1. The summed E-state index contributed by atoms with van der Waals surface area (Å²) in [4.78, 5) is 13.1. The maximum absolute atomic E-state index is 14.2. The van der Waals surface area contributed by atoms with Gasteiger partial charge in [-0.25, -0.2) is 8.78 Å². The molecule has 1 aliphatic rings. The summed E-state index contributed by atoms with van der Waals surface area (Å²) in [6.07, 6.45) is 2.65. The van der Waals surface area contributed by atoms with E-state index in [1.54, 1.807) is 17.0 Å². The molecule has 0 radical (unpaired) electrons. The fourth-order valence-corrected chi connectivity index (χ4v) is 3.03. The molecule has 2 atom stereocenters. The lowest BCUT2D eigenvalue weighted by molar-refractivity contribution is -0.142. The molecule has 3 rings (SSSR count). The van der Waals surface area contributed by atoms with Gasteiger partial charge >= 0.3 is 5.97 Å². The van der Waals surface area contributed by atoms with E-state index in [0.717, 1.165) is 6.07 Å². The fourth-order valence-electron chi connectivity index (χ4n) is 3.03. The predicted molar refractivity (Wildman–Crippen MR) is 74.3 cm³/mol. The van der Waals surface area contributed by atoms with Crippen LogP contribution in [0.4, 0.5) is 8.78 Å². The highest BCUT2D eigenvalue weighted by Gasteiger charge is 2.39. The first-order valence-electron chi connectivity index (χ1n) is 7.05. The zero-order chi connectivity index (χ0) is 15.7. The summed E-state index contributed by atoms with van der Waals surface area (Å²) in [6, 6.07) is 5.26. The third kappa shape index (κ3) is 2.62. The number of benzene rings is 1. The Hall–Kier alpha value is -2.21. The Balaban J connectivity index is 2.07. The van der Waals surface area contributed by atoms with Crippen LogP contribution in [0, 0.1) is 11.6 Å². The fraction of sp³-hybridized carbons (Fsp3) is 0.312. The molecule has 1 aromatic heterocycles. The summed E-state index contributed by atoms with van der Waals surface area (Å²) >= 11 is 0. The number of aliphatic carboxylic acids is 1. The third-order valence-electron chi connectivity index (χ3n) is 3.98. The molecular weight excluding hydrogens is 292 g/mol. The van der Waals surface area contributed by atoms with Gasteiger partial charge < -0.3 is 9.52 Å². The maximum Gasteiger partial charge on any atom is 0.320 e. The normalized spacial score (nSPS) is 20.2. The van der Waals surface area contributed by atoms with Crippen LogP contribution < -0.4 is 0 Å². The Bertz CT molecular complexity index is 672.